The predicted molar refractivity (Wildman–Crippen MR) is 119 cm³/mol. The minimum atomic E-state index is -0.597. The van der Waals surface area contributed by atoms with Crippen molar-refractivity contribution in [2.45, 2.75) is 23.1 Å². The van der Waals surface area contributed by atoms with Crippen LogP contribution in [0.5, 0.6) is 0 Å². The molecule has 7 nitrogen and oxygen atoms in total. The van der Waals surface area contributed by atoms with Crippen molar-refractivity contribution in [3.05, 3.63) is 59.1 Å². The first-order chi connectivity index (χ1) is 14.5. The second kappa shape index (κ2) is 7.57. The van der Waals surface area contributed by atoms with Gasteiger partial charge in [0.2, 0.25) is 0 Å². The van der Waals surface area contributed by atoms with E-state index >= 15 is 0 Å². The van der Waals surface area contributed by atoms with E-state index in [1.54, 1.807) is 18.4 Å². The fraction of sp³-hybridized carbons (Fsp3) is 0.200. The van der Waals surface area contributed by atoms with Gasteiger partial charge in [0.25, 0.3) is 5.91 Å². The van der Waals surface area contributed by atoms with Crippen LogP contribution in [0.25, 0.3) is 10.2 Å². The van der Waals surface area contributed by atoms with Crippen molar-refractivity contribution >= 4 is 62.0 Å². The summed E-state index contributed by atoms with van der Waals surface area (Å²) in [6.07, 6.45) is -0.574. The van der Waals surface area contributed by atoms with E-state index in [-0.39, 0.29) is 5.91 Å². The number of nitrogens with one attached hydrogen (secondary N) is 1. The molecule has 0 bridgehead atoms. The summed E-state index contributed by atoms with van der Waals surface area (Å²) in [5, 5.41) is 3.73. The highest BCUT2D eigenvalue weighted by Crippen LogP contribution is 2.36. The Morgan fingerprint density at radius 2 is 1.93 bits per heavy atom. The predicted octanol–water partition coefficient (Wildman–Crippen LogP) is 3.79. The van der Waals surface area contributed by atoms with E-state index in [4.69, 9.17) is 16.6 Å². The first-order valence-electron chi connectivity index (χ1n) is 9.19. The number of nitrogens with zero attached hydrogens (tertiary/aromatic N) is 4. The van der Waals surface area contributed by atoms with E-state index in [1.807, 2.05) is 53.4 Å². The molecule has 1 fully saturated rings. The molecule has 2 unspecified atom stereocenters. The smallest absolute Gasteiger partial charge is 0.325 e. The van der Waals surface area contributed by atoms with E-state index in [9.17, 15) is 9.59 Å². The van der Waals surface area contributed by atoms with Crippen LogP contribution in [0.3, 0.4) is 0 Å². The molecule has 0 aliphatic carbocycles. The monoisotopic (exact) mass is 457 g/mol. The Hall–Kier alpha value is -2.62. The number of urea groups is 1. The molecule has 3 heterocycles. The van der Waals surface area contributed by atoms with Gasteiger partial charge in [0, 0.05) is 18.6 Å². The minimum Gasteiger partial charge on any atom is -0.331 e. The summed E-state index contributed by atoms with van der Waals surface area (Å²) in [5.74, 6) is -0.347. The van der Waals surface area contributed by atoms with Crippen molar-refractivity contribution in [3.63, 3.8) is 0 Å². The summed E-state index contributed by atoms with van der Waals surface area (Å²) in [7, 11) is 1.65. The number of rotatable bonds is 3. The fourth-order valence-electron chi connectivity index (χ4n) is 3.51. The molecule has 0 spiro atoms. The number of carbonyl (C=O) groups excluding carboxylic acids is 2. The van der Waals surface area contributed by atoms with E-state index in [1.165, 1.54) is 16.7 Å². The first kappa shape index (κ1) is 19.3. The van der Waals surface area contributed by atoms with E-state index in [0.29, 0.717) is 16.7 Å². The molecule has 5 rings (SSSR count). The van der Waals surface area contributed by atoms with E-state index < -0.39 is 18.2 Å². The van der Waals surface area contributed by atoms with Crippen molar-refractivity contribution in [3.8, 4) is 0 Å². The lowest BCUT2D eigenvalue weighted by Crippen LogP contribution is -2.63. The Balaban J connectivity index is 1.50. The van der Waals surface area contributed by atoms with Crippen LogP contribution < -0.4 is 5.32 Å². The van der Waals surface area contributed by atoms with Crippen molar-refractivity contribution in [1.29, 1.82) is 0 Å². The zero-order valence-corrected chi connectivity index (χ0v) is 18.2. The minimum absolute atomic E-state index is 0.347. The highest BCUT2D eigenvalue weighted by atomic mass is 35.5. The third-order valence-corrected chi connectivity index (χ3v) is 7.41. The number of amidine groups is 1. The van der Waals surface area contributed by atoms with Gasteiger partial charge in [-0.15, -0.1) is 11.3 Å². The number of hydrogen-bond donors (Lipinski definition) is 1. The molecule has 1 N–H and O–H groups in total. The number of halogens is 1. The lowest BCUT2D eigenvalue weighted by molar-refractivity contribution is -0.127. The molecule has 2 aromatic carbocycles. The van der Waals surface area contributed by atoms with Gasteiger partial charge in [0.15, 0.2) is 21.7 Å². The molecule has 10 heteroatoms. The maximum absolute atomic E-state index is 12.7. The molecular formula is C20H16ClN5O2S2. The van der Waals surface area contributed by atoms with E-state index in [2.05, 4.69) is 10.3 Å². The van der Waals surface area contributed by atoms with Crippen LogP contribution in [-0.4, -0.2) is 51.1 Å². The molecule has 2 atom stereocenters. The largest absolute Gasteiger partial charge is 0.331 e. The van der Waals surface area contributed by atoms with Gasteiger partial charge in [-0.1, -0.05) is 35.9 Å². The number of aromatic nitrogens is 1. The van der Waals surface area contributed by atoms with Gasteiger partial charge < -0.3 is 9.80 Å². The molecule has 0 radical (unpaired) electrons. The van der Waals surface area contributed by atoms with Crippen LogP contribution in [0.4, 0.5) is 4.79 Å². The Morgan fingerprint density at radius 1 is 1.17 bits per heavy atom. The van der Waals surface area contributed by atoms with Crippen molar-refractivity contribution in [2.24, 2.45) is 4.99 Å². The first-order valence-corrected chi connectivity index (χ1v) is 11.2. The lowest BCUT2D eigenvalue weighted by Gasteiger charge is -2.36. The van der Waals surface area contributed by atoms with Crippen LogP contribution >= 0.6 is 34.7 Å². The molecule has 1 aromatic heterocycles. The molecule has 3 aromatic rings. The normalized spacial score (nSPS) is 21.1. The maximum Gasteiger partial charge on any atom is 0.325 e. The number of thioether (sulfide) groups is 1. The van der Waals surface area contributed by atoms with Gasteiger partial charge in [-0.25, -0.2) is 14.8 Å². The summed E-state index contributed by atoms with van der Waals surface area (Å²) in [6, 6.07) is 14.4. The van der Waals surface area contributed by atoms with Crippen LogP contribution in [-0.2, 0) is 11.3 Å². The molecule has 3 amide bonds. The topological polar surface area (TPSA) is 77.9 Å². The number of aliphatic imine (C=N–C) groups is 1. The summed E-state index contributed by atoms with van der Waals surface area (Å²) < 4.78 is 1.93. The quantitative estimate of drug-likeness (QED) is 0.647. The number of likely N-dealkylation sites (N-methyl/N-ethyl adjacent to an activating group) is 1. The number of carbonyl (C=O) groups is 2. The number of para-hydroxylation sites is 1. The molecule has 1 saturated heterocycles. The van der Waals surface area contributed by atoms with Crippen LogP contribution in [0.15, 0.2) is 57.9 Å². The van der Waals surface area contributed by atoms with Gasteiger partial charge in [-0.05, 0) is 41.6 Å². The average molecular weight is 458 g/mol. The van der Waals surface area contributed by atoms with Crippen molar-refractivity contribution < 1.29 is 9.59 Å². The second-order valence-electron chi connectivity index (χ2n) is 6.98. The molecule has 0 saturated carbocycles. The van der Waals surface area contributed by atoms with Gasteiger partial charge in [0.05, 0.1) is 10.2 Å². The number of benzene rings is 2. The summed E-state index contributed by atoms with van der Waals surface area (Å²) >= 11 is 9.01. The zero-order chi connectivity index (χ0) is 20.8. The summed E-state index contributed by atoms with van der Waals surface area (Å²) in [4.78, 5) is 37.6. The van der Waals surface area contributed by atoms with Crippen molar-refractivity contribution in [1.82, 2.24) is 20.1 Å². The highest BCUT2D eigenvalue weighted by molar-refractivity contribution is 8.15. The number of hydrogen-bond acceptors (Lipinski definition) is 7. The number of fused-ring (bicyclic) bond motifs is 2. The molecular weight excluding hydrogens is 442 g/mol. The average Bonchev–Trinajstić information content (AvgIpc) is 3.29. The van der Waals surface area contributed by atoms with Gasteiger partial charge in [-0.3, -0.25) is 10.1 Å². The van der Waals surface area contributed by atoms with E-state index in [0.717, 1.165) is 20.1 Å². The van der Waals surface area contributed by atoms with Crippen LogP contribution in [0, 0.1) is 0 Å². The van der Waals surface area contributed by atoms with Crippen molar-refractivity contribution in [2.75, 3.05) is 7.05 Å². The fourth-order valence-corrected chi connectivity index (χ4v) is 5.75. The molecule has 152 valence electrons. The third-order valence-electron chi connectivity index (χ3n) is 5.04. The summed E-state index contributed by atoms with van der Waals surface area (Å²) in [5.41, 5.74) is 1.92. The third kappa shape index (κ3) is 3.42. The molecule has 30 heavy (non-hydrogen) atoms. The molecule has 2 aliphatic heterocycles. The van der Waals surface area contributed by atoms with Crippen LogP contribution in [0.2, 0.25) is 5.02 Å². The molecule has 2 aliphatic rings. The number of thiazole rings is 1. The zero-order valence-electron chi connectivity index (χ0n) is 15.8. The maximum atomic E-state index is 12.7. The van der Waals surface area contributed by atoms with Crippen LogP contribution in [0.1, 0.15) is 5.56 Å². The van der Waals surface area contributed by atoms with Gasteiger partial charge in [-0.2, -0.15) is 0 Å². The standard InChI is InChI=1S/C20H16ClN5O2S2/c1-25-16-15(17(27)24-18(25)28)26(10-11-6-8-12(21)9-7-11)19(23-16)30-20-22-13-4-2-3-5-14(13)29-20/h2-9,15-16H,10H2,1H3,(H,24,27,28). The SMILES string of the molecule is CN1C(=O)NC(=O)C2C1N=C(Sc1nc3ccccc3s1)N2Cc1ccc(Cl)cc1. The lowest BCUT2D eigenvalue weighted by atomic mass is 10.1. The Bertz CT molecular complexity index is 1150. The Labute approximate surface area is 185 Å². The Kier molecular flexibility index (Phi) is 4.88. The highest BCUT2D eigenvalue weighted by Gasteiger charge is 2.48. The number of amides is 3. The number of imide groups is 1. The van der Waals surface area contributed by atoms with Gasteiger partial charge >= 0.3 is 6.03 Å². The second-order valence-corrected chi connectivity index (χ2v) is 9.66. The summed E-state index contributed by atoms with van der Waals surface area (Å²) in [6.45, 7) is 0.463. The van der Waals surface area contributed by atoms with Gasteiger partial charge in [0.1, 0.15) is 0 Å². The Morgan fingerprint density at radius 3 is 2.70 bits per heavy atom.